The maximum Gasteiger partial charge on any atom is 0.230 e. The van der Waals surface area contributed by atoms with E-state index in [1.165, 1.54) is 18.3 Å². The molecular formula is C16H19ClN4O2S. The number of benzene rings is 1. The zero-order valence-corrected chi connectivity index (χ0v) is 14.8. The minimum atomic E-state index is -0.0993. The number of nitrogens with zero attached hydrogens (tertiary/aromatic N) is 1. The number of carbonyl (C=O) groups excluding carboxylic acids is 2. The first kappa shape index (κ1) is 18.4. The molecule has 1 aliphatic rings. The number of aromatic nitrogens is 1. The van der Waals surface area contributed by atoms with E-state index in [1.807, 2.05) is 29.6 Å². The fraction of sp³-hybridized carbons (Fsp3) is 0.312. The van der Waals surface area contributed by atoms with E-state index >= 15 is 0 Å². The summed E-state index contributed by atoms with van der Waals surface area (Å²) in [6.45, 7) is 3.10. The molecule has 1 aliphatic heterocycles. The molecule has 0 bridgehead atoms. The zero-order chi connectivity index (χ0) is 16.2. The van der Waals surface area contributed by atoms with Gasteiger partial charge in [-0.2, -0.15) is 0 Å². The number of rotatable bonds is 4. The van der Waals surface area contributed by atoms with E-state index in [0.29, 0.717) is 5.13 Å². The van der Waals surface area contributed by atoms with Crippen LogP contribution >= 0.6 is 23.7 Å². The number of anilines is 2. The molecule has 6 nitrogen and oxygen atoms in total. The molecule has 24 heavy (non-hydrogen) atoms. The Labute approximate surface area is 150 Å². The number of halogens is 1. The van der Waals surface area contributed by atoms with E-state index in [-0.39, 0.29) is 30.1 Å². The molecule has 1 fully saturated rings. The summed E-state index contributed by atoms with van der Waals surface area (Å²) >= 11 is 1.41. The third kappa shape index (κ3) is 4.53. The summed E-state index contributed by atoms with van der Waals surface area (Å²) in [5.74, 6) is -0.0472. The number of hydrogen-bond acceptors (Lipinski definition) is 5. The number of thiazole rings is 1. The van der Waals surface area contributed by atoms with Gasteiger partial charge >= 0.3 is 0 Å². The summed E-state index contributed by atoms with van der Waals surface area (Å²) in [6.07, 6.45) is 0.870. The highest BCUT2D eigenvalue weighted by Gasteiger charge is 2.23. The van der Waals surface area contributed by atoms with Crippen LogP contribution in [0.3, 0.4) is 0 Å². The molecule has 1 atom stereocenters. The standard InChI is InChI=1S/C16H18N4O2S.ClH/c1-10(21)18-13-4-2-11(3-5-13)14-9-23-16(19-14)20-15(22)12-6-7-17-8-12;/h2-5,9,12,17H,6-8H2,1H3,(H,18,21)(H,19,20,22);1H. The first-order chi connectivity index (χ1) is 11.1. The summed E-state index contributed by atoms with van der Waals surface area (Å²) in [4.78, 5) is 27.6. The molecule has 0 radical (unpaired) electrons. The van der Waals surface area contributed by atoms with Crippen LogP contribution in [0.25, 0.3) is 11.3 Å². The Morgan fingerprint density at radius 2 is 2.00 bits per heavy atom. The van der Waals surface area contributed by atoms with Gasteiger partial charge in [0, 0.05) is 30.1 Å². The molecule has 1 unspecified atom stereocenters. The SMILES string of the molecule is CC(=O)Nc1ccc(-c2csc(NC(=O)C3CCNC3)n2)cc1.Cl. The number of nitrogens with one attached hydrogen (secondary N) is 3. The van der Waals surface area contributed by atoms with Gasteiger partial charge in [-0.15, -0.1) is 23.7 Å². The number of carbonyl (C=O) groups is 2. The third-order valence-electron chi connectivity index (χ3n) is 3.67. The van der Waals surface area contributed by atoms with Gasteiger partial charge in [-0.3, -0.25) is 9.59 Å². The van der Waals surface area contributed by atoms with Gasteiger partial charge in [0.25, 0.3) is 0 Å². The maximum atomic E-state index is 12.1. The second-order valence-electron chi connectivity index (χ2n) is 5.48. The van der Waals surface area contributed by atoms with Gasteiger partial charge in [-0.25, -0.2) is 4.98 Å². The average Bonchev–Trinajstić information content (AvgIpc) is 3.18. The van der Waals surface area contributed by atoms with Gasteiger partial charge in [-0.05, 0) is 25.1 Å². The highest BCUT2D eigenvalue weighted by Crippen LogP contribution is 2.26. The van der Waals surface area contributed by atoms with E-state index < -0.39 is 0 Å². The monoisotopic (exact) mass is 366 g/mol. The van der Waals surface area contributed by atoms with Crippen molar-refractivity contribution < 1.29 is 9.59 Å². The van der Waals surface area contributed by atoms with Crippen molar-refractivity contribution in [1.29, 1.82) is 0 Å². The van der Waals surface area contributed by atoms with Crippen molar-refractivity contribution in [3.8, 4) is 11.3 Å². The molecule has 1 aromatic carbocycles. The topological polar surface area (TPSA) is 83.1 Å². The van der Waals surface area contributed by atoms with Gasteiger partial charge < -0.3 is 16.0 Å². The lowest BCUT2D eigenvalue weighted by Gasteiger charge is -2.06. The highest BCUT2D eigenvalue weighted by molar-refractivity contribution is 7.14. The predicted octanol–water partition coefficient (Wildman–Crippen LogP) is 2.74. The minimum Gasteiger partial charge on any atom is -0.326 e. The van der Waals surface area contributed by atoms with Crippen LogP contribution in [0.5, 0.6) is 0 Å². The third-order valence-corrected chi connectivity index (χ3v) is 4.42. The second-order valence-corrected chi connectivity index (χ2v) is 6.33. The van der Waals surface area contributed by atoms with Crippen LogP contribution in [-0.2, 0) is 9.59 Å². The molecule has 2 aromatic rings. The lowest BCUT2D eigenvalue weighted by atomic mass is 10.1. The molecule has 8 heteroatoms. The van der Waals surface area contributed by atoms with Gasteiger partial charge in [0.1, 0.15) is 0 Å². The molecule has 3 N–H and O–H groups in total. The van der Waals surface area contributed by atoms with Crippen LogP contribution in [-0.4, -0.2) is 29.9 Å². The largest absolute Gasteiger partial charge is 0.326 e. The van der Waals surface area contributed by atoms with E-state index in [1.54, 1.807) is 0 Å². The minimum absolute atomic E-state index is 0. The van der Waals surface area contributed by atoms with Crippen LogP contribution < -0.4 is 16.0 Å². The van der Waals surface area contributed by atoms with Crippen LogP contribution in [0.2, 0.25) is 0 Å². The van der Waals surface area contributed by atoms with Crippen LogP contribution in [0.4, 0.5) is 10.8 Å². The van der Waals surface area contributed by atoms with Crippen molar-refractivity contribution in [3.63, 3.8) is 0 Å². The Bertz CT molecular complexity index is 711. The molecule has 1 saturated heterocycles. The molecule has 0 aliphatic carbocycles. The first-order valence-electron chi connectivity index (χ1n) is 7.47. The van der Waals surface area contributed by atoms with Gasteiger partial charge in [0.2, 0.25) is 11.8 Å². The van der Waals surface area contributed by atoms with E-state index in [4.69, 9.17) is 0 Å². The van der Waals surface area contributed by atoms with Gasteiger partial charge in [-0.1, -0.05) is 12.1 Å². The molecule has 0 saturated carbocycles. The van der Waals surface area contributed by atoms with Crippen molar-refractivity contribution in [2.45, 2.75) is 13.3 Å². The van der Waals surface area contributed by atoms with Gasteiger partial charge in [0.05, 0.1) is 11.6 Å². The first-order valence-corrected chi connectivity index (χ1v) is 8.35. The smallest absolute Gasteiger partial charge is 0.230 e. The van der Waals surface area contributed by atoms with Crippen LogP contribution in [0.15, 0.2) is 29.6 Å². The molecule has 128 valence electrons. The molecule has 1 aromatic heterocycles. The second kappa shape index (κ2) is 8.23. The zero-order valence-electron chi connectivity index (χ0n) is 13.2. The quantitative estimate of drug-likeness (QED) is 0.777. The average molecular weight is 367 g/mol. The molecule has 3 rings (SSSR count). The Morgan fingerprint density at radius 3 is 2.62 bits per heavy atom. The maximum absolute atomic E-state index is 12.1. The van der Waals surface area contributed by atoms with Crippen LogP contribution in [0, 0.1) is 5.92 Å². The number of amides is 2. The normalized spacial score (nSPS) is 16.3. The fourth-order valence-corrected chi connectivity index (χ4v) is 3.20. The Morgan fingerprint density at radius 1 is 1.25 bits per heavy atom. The Balaban J connectivity index is 0.00000208. The summed E-state index contributed by atoms with van der Waals surface area (Å²) in [5, 5.41) is 11.3. The summed E-state index contributed by atoms with van der Waals surface area (Å²) in [6, 6.07) is 7.46. The Kier molecular flexibility index (Phi) is 6.30. The van der Waals surface area contributed by atoms with E-state index in [2.05, 4.69) is 20.9 Å². The highest BCUT2D eigenvalue weighted by atomic mass is 35.5. The van der Waals surface area contributed by atoms with Crippen LogP contribution in [0.1, 0.15) is 13.3 Å². The summed E-state index contributed by atoms with van der Waals surface area (Å²) in [7, 11) is 0. The lowest BCUT2D eigenvalue weighted by Crippen LogP contribution is -2.24. The fourth-order valence-electron chi connectivity index (χ4n) is 2.48. The van der Waals surface area contributed by atoms with Crippen molar-refractivity contribution in [2.24, 2.45) is 5.92 Å². The van der Waals surface area contributed by atoms with E-state index in [0.717, 1.165) is 36.5 Å². The van der Waals surface area contributed by atoms with Crippen molar-refractivity contribution in [1.82, 2.24) is 10.3 Å². The summed E-state index contributed by atoms with van der Waals surface area (Å²) < 4.78 is 0. The van der Waals surface area contributed by atoms with Gasteiger partial charge in [0.15, 0.2) is 5.13 Å². The van der Waals surface area contributed by atoms with Crippen molar-refractivity contribution in [2.75, 3.05) is 23.7 Å². The van der Waals surface area contributed by atoms with E-state index in [9.17, 15) is 9.59 Å². The lowest BCUT2D eigenvalue weighted by molar-refractivity contribution is -0.119. The number of hydrogen-bond donors (Lipinski definition) is 3. The predicted molar refractivity (Wildman–Crippen MR) is 98.7 cm³/mol. The molecular weight excluding hydrogens is 348 g/mol. The van der Waals surface area contributed by atoms with Crippen molar-refractivity contribution >= 4 is 46.4 Å². The molecule has 0 spiro atoms. The molecule has 2 amide bonds. The molecule has 2 heterocycles. The van der Waals surface area contributed by atoms with Crippen molar-refractivity contribution in [3.05, 3.63) is 29.6 Å². The summed E-state index contributed by atoms with van der Waals surface area (Å²) in [5.41, 5.74) is 2.50. The Hall–Kier alpha value is -1.96.